The van der Waals surface area contributed by atoms with Gasteiger partial charge in [-0.15, -0.1) is 0 Å². The van der Waals surface area contributed by atoms with Crippen LogP contribution in [0.3, 0.4) is 0 Å². The van der Waals surface area contributed by atoms with E-state index in [1.807, 2.05) is 36.4 Å². The number of para-hydroxylation sites is 1. The van der Waals surface area contributed by atoms with E-state index in [1.165, 1.54) is 0 Å². The van der Waals surface area contributed by atoms with E-state index in [0.29, 0.717) is 42.7 Å². The Morgan fingerprint density at radius 1 is 1.26 bits per heavy atom. The van der Waals surface area contributed by atoms with Crippen LogP contribution in [0.4, 0.5) is 5.69 Å². The van der Waals surface area contributed by atoms with Gasteiger partial charge in [-0.1, -0.05) is 29.8 Å². The molecule has 0 saturated carbocycles. The number of halogens is 1. The van der Waals surface area contributed by atoms with Gasteiger partial charge in [0.05, 0.1) is 24.2 Å². The van der Waals surface area contributed by atoms with Gasteiger partial charge < -0.3 is 20.1 Å². The summed E-state index contributed by atoms with van der Waals surface area (Å²) in [7, 11) is 0. The zero-order valence-electron chi connectivity index (χ0n) is 15.3. The summed E-state index contributed by atoms with van der Waals surface area (Å²) in [4.78, 5) is 14.2. The number of primary amides is 1. The maximum Gasteiger partial charge on any atom is 0.225 e. The number of fused-ring (bicyclic) bond motifs is 2. The Labute approximate surface area is 164 Å². The van der Waals surface area contributed by atoms with Gasteiger partial charge in [0.15, 0.2) is 11.5 Å². The molecule has 2 heterocycles. The average molecular weight is 387 g/mol. The van der Waals surface area contributed by atoms with E-state index >= 15 is 0 Å². The topological polar surface area (TPSA) is 64.8 Å². The molecule has 4 rings (SSSR count). The van der Waals surface area contributed by atoms with Gasteiger partial charge in [-0.2, -0.15) is 0 Å². The van der Waals surface area contributed by atoms with Crippen molar-refractivity contribution in [3.05, 3.63) is 52.5 Å². The van der Waals surface area contributed by atoms with Crippen LogP contribution in [0.25, 0.3) is 0 Å². The molecule has 0 bridgehead atoms. The lowest BCUT2D eigenvalue weighted by Gasteiger charge is -2.40. The van der Waals surface area contributed by atoms with Gasteiger partial charge >= 0.3 is 0 Å². The molecule has 6 heteroatoms. The summed E-state index contributed by atoms with van der Waals surface area (Å²) in [5.41, 5.74) is 8.73. The molecule has 0 radical (unpaired) electrons. The van der Waals surface area contributed by atoms with E-state index in [0.717, 1.165) is 23.2 Å². The second-order valence-electron chi connectivity index (χ2n) is 7.18. The molecule has 2 aromatic carbocycles. The summed E-state index contributed by atoms with van der Waals surface area (Å²) in [5, 5.41) is 0.567. The third kappa shape index (κ3) is 3.44. The van der Waals surface area contributed by atoms with Gasteiger partial charge in [-0.05, 0) is 42.7 Å². The van der Waals surface area contributed by atoms with Crippen LogP contribution in [0, 0.1) is 0 Å². The normalized spacial score (nSPS) is 21.3. The van der Waals surface area contributed by atoms with Crippen molar-refractivity contribution < 1.29 is 14.3 Å². The molecule has 2 N–H and O–H groups in total. The summed E-state index contributed by atoms with van der Waals surface area (Å²) >= 11 is 6.45. The minimum Gasteiger partial charge on any atom is -0.489 e. The maximum atomic E-state index is 11.9. The van der Waals surface area contributed by atoms with Crippen molar-refractivity contribution in [2.24, 2.45) is 5.73 Å². The molecule has 0 fully saturated rings. The molecule has 0 saturated heterocycles. The lowest BCUT2D eigenvalue weighted by atomic mass is 9.85. The predicted molar refractivity (Wildman–Crippen MR) is 106 cm³/mol. The molecule has 2 aliphatic rings. The number of carbonyl (C=O) groups is 1. The van der Waals surface area contributed by atoms with E-state index in [1.54, 1.807) is 0 Å². The maximum absolute atomic E-state index is 11.9. The zero-order valence-corrected chi connectivity index (χ0v) is 16.0. The van der Waals surface area contributed by atoms with Crippen LogP contribution in [0.2, 0.25) is 5.02 Å². The van der Waals surface area contributed by atoms with Crippen molar-refractivity contribution in [3.8, 4) is 11.5 Å². The van der Waals surface area contributed by atoms with Crippen molar-refractivity contribution >= 4 is 23.2 Å². The number of rotatable bonds is 3. The SMILES string of the molecule is C[C@H]1C[C@H](C(N)=O)c2ccccc2N1Cc1cc(Cl)c2c(c1)OCCCO2. The van der Waals surface area contributed by atoms with Crippen molar-refractivity contribution in [1.29, 1.82) is 0 Å². The Hall–Kier alpha value is -2.40. The number of hydrogen-bond donors (Lipinski definition) is 1. The minimum absolute atomic E-state index is 0.173. The van der Waals surface area contributed by atoms with Crippen LogP contribution in [0.1, 0.15) is 36.8 Å². The Kier molecular flexibility index (Phi) is 4.87. The second kappa shape index (κ2) is 7.31. The van der Waals surface area contributed by atoms with Crippen LogP contribution < -0.4 is 20.1 Å². The number of hydrogen-bond acceptors (Lipinski definition) is 4. The molecule has 0 aliphatic carbocycles. The Morgan fingerprint density at radius 2 is 2.04 bits per heavy atom. The highest BCUT2D eigenvalue weighted by Crippen LogP contribution is 2.41. The standard InChI is InChI=1S/C21H23ClN2O3/c1-13-9-16(21(23)25)15-5-2-3-6-18(15)24(13)12-14-10-17(22)20-19(11-14)26-7-4-8-27-20/h2-3,5-6,10-11,13,16H,4,7-9,12H2,1H3,(H2,23,25)/t13-,16-/m0/s1. The fourth-order valence-electron chi connectivity index (χ4n) is 3.96. The number of ether oxygens (including phenoxy) is 2. The van der Waals surface area contributed by atoms with E-state index in [4.69, 9.17) is 26.8 Å². The first kappa shape index (κ1) is 18.0. The third-order valence-corrected chi connectivity index (χ3v) is 5.57. The van der Waals surface area contributed by atoms with E-state index in [-0.39, 0.29) is 17.9 Å². The lowest BCUT2D eigenvalue weighted by Crippen LogP contribution is -2.41. The molecule has 0 unspecified atom stereocenters. The molecule has 2 aliphatic heterocycles. The first-order chi connectivity index (χ1) is 13.0. The summed E-state index contributed by atoms with van der Waals surface area (Å²) in [5.74, 6) is 0.800. The van der Waals surface area contributed by atoms with Gasteiger partial charge in [0.25, 0.3) is 0 Å². The lowest BCUT2D eigenvalue weighted by molar-refractivity contribution is -0.119. The Bertz CT molecular complexity index is 871. The largest absolute Gasteiger partial charge is 0.489 e. The highest BCUT2D eigenvalue weighted by atomic mass is 35.5. The van der Waals surface area contributed by atoms with Crippen molar-refractivity contribution in [2.75, 3.05) is 18.1 Å². The Balaban J connectivity index is 1.68. The van der Waals surface area contributed by atoms with Crippen molar-refractivity contribution in [3.63, 3.8) is 0 Å². The predicted octanol–water partition coefficient (Wildman–Crippen LogP) is 3.87. The van der Waals surface area contributed by atoms with E-state index in [9.17, 15) is 4.79 Å². The second-order valence-corrected chi connectivity index (χ2v) is 7.59. The van der Waals surface area contributed by atoms with Gasteiger partial charge in [-0.3, -0.25) is 4.79 Å². The Morgan fingerprint density at radius 3 is 2.85 bits per heavy atom. The summed E-state index contributed by atoms with van der Waals surface area (Å²) in [6, 6.07) is 12.1. The summed E-state index contributed by atoms with van der Waals surface area (Å²) < 4.78 is 11.5. The molecule has 2 aromatic rings. The molecule has 1 amide bonds. The van der Waals surface area contributed by atoms with Crippen molar-refractivity contribution in [1.82, 2.24) is 0 Å². The first-order valence-electron chi connectivity index (χ1n) is 9.27. The average Bonchev–Trinajstić information content (AvgIpc) is 2.89. The number of amides is 1. The van der Waals surface area contributed by atoms with Gasteiger partial charge in [0, 0.05) is 24.7 Å². The van der Waals surface area contributed by atoms with E-state index < -0.39 is 0 Å². The molecule has 0 aromatic heterocycles. The summed E-state index contributed by atoms with van der Waals surface area (Å²) in [6.45, 7) is 4.02. The van der Waals surface area contributed by atoms with Crippen LogP contribution >= 0.6 is 11.6 Å². The fourth-order valence-corrected chi connectivity index (χ4v) is 4.25. The van der Waals surface area contributed by atoms with E-state index in [2.05, 4.69) is 11.8 Å². The first-order valence-corrected chi connectivity index (χ1v) is 9.65. The fraction of sp³-hybridized carbons (Fsp3) is 0.381. The molecular formula is C21H23ClN2O3. The smallest absolute Gasteiger partial charge is 0.225 e. The van der Waals surface area contributed by atoms with Crippen LogP contribution in [-0.2, 0) is 11.3 Å². The number of anilines is 1. The number of nitrogens with zero attached hydrogens (tertiary/aromatic N) is 1. The number of benzene rings is 2. The minimum atomic E-state index is -0.271. The van der Waals surface area contributed by atoms with Gasteiger partial charge in [0.2, 0.25) is 5.91 Å². The quantitative estimate of drug-likeness (QED) is 0.869. The number of carbonyl (C=O) groups excluding carboxylic acids is 1. The molecule has 5 nitrogen and oxygen atoms in total. The van der Waals surface area contributed by atoms with Gasteiger partial charge in [-0.25, -0.2) is 0 Å². The van der Waals surface area contributed by atoms with Gasteiger partial charge in [0.1, 0.15) is 0 Å². The molecular weight excluding hydrogens is 364 g/mol. The van der Waals surface area contributed by atoms with Crippen LogP contribution in [0.5, 0.6) is 11.5 Å². The molecule has 0 spiro atoms. The molecule has 2 atom stereocenters. The third-order valence-electron chi connectivity index (χ3n) is 5.29. The molecule has 27 heavy (non-hydrogen) atoms. The van der Waals surface area contributed by atoms with Crippen molar-refractivity contribution in [2.45, 2.75) is 38.3 Å². The number of nitrogens with two attached hydrogens (primary N) is 1. The van der Waals surface area contributed by atoms with Crippen LogP contribution in [-0.4, -0.2) is 25.2 Å². The highest BCUT2D eigenvalue weighted by molar-refractivity contribution is 6.32. The molecule has 142 valence electrons. The van der Waals surface area contributed by atoms with Crippen LogP contribution in [0.15, 0.2) is 36.4 Å². The zero-order chi connectivity index (χ0) is 19.0. The summed E-state index contributed by atoms with van der Waals surface area (Å²) in [6.07, 6.45) is 1.54. The monoisotopic (exact) mass is 386 g/mol. The highest BCUT2D eigenvalue weighted by Gasteiger charge is 2.33.